The lowest BCUT2D eigenvalue weighted by molar-refractivity contribution is 0.207. The molecule has 2 heteroatoms. The van der Waals surface area contributed by atoms with Gasteiger partial charge in [-0.2, -0.15) is 0 Å². The zero-order chi connectivity index (χ0) is 9.26. The van der Waals surface area contributed by atoms with Gasteiger partial charge >= 0.3 is 0 Å². The summed E-state index contributed by atoms with van der Waals surface area (Å²) in [6.45, 7) is 6.31. The Morgan fingerprint density at radius 1 is 1.54 bits per heavy atom. The summed E-state index contributed by atoms with van der Waals surface area (Å²) in [5.41, 5.74) is 1.20. The van der Waals surface area contributed by atoms with Crippen LogP contribution >= 0.6 is 0 Å². The highest BCUT2D eigenvalue weighted by molar-refractivity contribution is 5.99. The molecule has 2 aliphatic rings. The van der Waals surface area contributed by atoms with Crippen molar-refractivity contribution in [3.63, 3.8) is 0 Å². The highest BCUT2D eigenvalue weighted by atomic mass is 16.5. The van der Waals surface area contributed by atoms with Crippen molar-refractivity contribution in [3.05, 3.63) is 11.8 Å². The molecular weight excluding hydrogens is 162 g/mol. The summed E-state index contributed by atoms with van der Waals surface area (Å²) in [6, 6.07) is 0. The van der Waals surface area contributed by atoms with Crippen LogP contribution in [0.3, 0.4) is 0 Å². The number of hydrogen-bond donors (Lipinski definition) is 0. The van der Waals surface area contributed by atoms with Crippen molar-refractivity contribution in [3.8, 4) is 0 Å². The molecule has 2 aliphatic heterocycles. The van der Waals surface area contributed by atoms with Crippen LogP contribution in [0.1, 0.15) is 26.7 Å². The van der Waals surface area contributed by atoms with Gasteiger partial charge in [0.05, 0.1) is 12.3 Å². The predicted octanol–water partition coefficient (Wildman–Crippen LogP) is 2.41. The number of nitrogens with zero attached hydrogens (tertiary/aromatic N) is 1. The molecule has 2 rings (SSSR count). The first-order valence-electron chi connectivity index (χ1n) is 5.15. The lowest BCUT2D eigenvalue weighted by atomic mass is 9.91. The van der Waals surface area contributed by atoms with E-state index in [0.717, 1.165) is 31.8 Å². The van der Waals surface area contributed by atoms with Crippen LogP contribution in [0, 0.1) is 11.8 Å². The highest BCUT2D eigenvalue weighted by Crippen LogP contribution is 2.25. The van der Waals surface area contributed by atoms with Crippen molar-refractivity contribution in [2.45, 2.75) is 26.7 Å². The fourth-order valence-electron chi connectivity index (χ4n) is 1.80. The number of dihydropyridines is 1. The van der Waals surface area contributed by atoms with E-state index in [-0.39, 0.29) is 0 Å². The molecule has 1 saturated heterocycles. The minimum atomic E-state index is 0.580. The Bertz CT molecular complexity index is 253. The van der Waals surface area contributed by atoms with Gasteiger partial charge in [-0.05, 0) is 24.8 Å². The second-order valence-electron chi connectivity index (χ2n) is 4.18. The molecule has 0 aromatic rings. The molecule has 0 bridgehead atoms. The van der Waals surface area contributed by atoms with Crippen molar-refractivity contribution in [2.24, 2.45) is 16.8 Å². The number of ether oxygens (including phenoxy) is 1. The topological polar surface area (TPSA) is 21.6 Å². The summed E-state index contributed by atoms with van der Waals surface area (Å²) < 4.78 is 5.59. The van der Waals surface area contributed by atoms with Gasteiger partial charge in [0.25, 0.3) is 0 Å². The standard InChI is InChI=1S/C11H17NO/c1-8(2)9-6-11-10(12-7-9)4-3-5-13-11/h6,8-9H,3-5,7H2,1-2H3. The van der Waals surface area contributed by atoms with E-state index in [0.29, 0.717) is 11.8 Å². The molecule has 0 aromatic carbocycles. The molecule has 0 N–H and O–H groups in total. The fourth-order valence-corrected chi connectivity index (χ4v) is 1.80. The summed E-state index contributed by atoms with van der Waals surface area (Å²) >= 11 is 0. The lowest BCUT2D eigenvalue weighted by Gasteiger charge is -2.26. The van der Waals surface area contributed by atoms with Gasteiger partial charge in [0, 0.05) is 12.5 Å². The zero-order valence-corrected chi connectivity index (χ0v) is 8.42. The van der Waals surface area contributed by atoms with Crippen molar-refractivity contribution in [2.75, 3.05) is 13.2 Å². The molecule has 0 spiro atoms. The molecule has 72 valence electrons. The minimum absolute atomic E-state index is 0.580. The maximum absolute atomic E-state index is 5.59. The molecule has 0 saturated carbocycles. The first-order chi connectivity index (χ1) is 6.27. The van der Waals surface area contributed by atoms with E-state index < -0.39 is 0 Å². The smallest absolute Gasteiger partial charge is 0.136 e. The second kappa shape index (κ2) is 3.52. The first kappa shape index (κ1) is 8.79. The Kier molecular flexibility index (Phi) is 2.38. The van der Waals surface area contributed by atoms with Gasteiger partial charge < -0.3 is 4.74 Å². The maximum Gasteiger partial charge on any atom is 0.136 e. The predicted molar refractivity (Wildman–Crippen MR) is 53.9 cm³/mol. The number of hydrogen-bond acceptors (Lipinski definition) is 2. The average Bonchev–Trinajstić information content (AvgIpc) is 2.17. The summed E-state index contributed by atoms with van der Waals surface area (Å²) in [7, 11) is 0. The van der Waals surface area contributed by atoms with Crippen LogP contribution in [-0.4, -0.2) is 18.9 Å². The first-order valence-corrected chi connectivity index (χ1v) is 5.15. The number of aliphatic imine (C=N–C) groups is 1. The van der Waals surface area contributed by atoms with E-state index in [9.17, 15) is 0 Å². The summed E-state index contributed by atoms with van der Waals surface area (Å²) in [5, 5.41) is 0. The SMILES string of the molecule is CC(C)C1C=C2OCCCC2=NC1. The third kappa shape index (κ3) is 1.77. The van der Waals surface area contributed by atoms with Gasteiger partial charge in [0.2, 0.25) is 0 Å². The third-order valence-electron chi connectivity index (χ3n) is 2.81. The Morgan fingerprint density at radius 3 is 3.15 bits per heavy atom. The van der Waals surface area contributed by atoms with E-state index in [1.54, 1.807) is 0 Å². The summed E-state index contributed by atoms with van der Waals surface area (Å²) in [5.74, 6) is 2.32. The Labute approximate surface area is 79.7 Å². The molecule has 1 atom stereocenters. The van der Waals surface area contributed by atoms with Crippen LogP contribution in [0.2, 0.25) is 0 Å². The molecule has 0 amide bonds. The van der Waals surface area contributed by atoms with Gasteiger partial charge in [-0.15, -0.1) is 0 Å². The summed E-state index contributed by atoms with van der Waals surface area (Å²) in [4.78, 5) is 4.58. The Balaban J connectivity index is 2.13. The Hall–Kier alpha value is -0.790. The molecule has 1 fully saturated rings. The van der Waals surface area contributed by atoms with Crippen LogP contribution in [0.15, 0.2) is 16.8 Å². The van der Waals surface area contributed by atoms with Crippen molar-refractivity contribution in [1.82, 2.24) is 0 Å². The third-order valence-corrected chi connectivity index (χ3v) is 2.81. The van der Waals surface area contributed by atoms with E-state index >= 15 is 0 Å². The molecule has 2 nitrogen and oxygen atoms in total. The molecule has 0 aliphatic carbocycles. The quantitative estimate of drug-likeness (QED) is 0.605. The Morgan fingerprint density at radius 2 is 2.38 bits per heavy atom. The monoisotopic (exact) mass is 179 g/mol. The highest BCUT2D eigenvalue weighted by Gasteiger charge is 2.22. The molecule has 0 radical (unpaired) electrons. The van der Waals surface area contributed by atoms with Gasteiger partial charge in [-0.1, -0.05) is 13.8 Å². The molecular formula is C11H17NO. The van der Waals surface area contributed by atoms with Crippen LogP contribution in [0.5, 0.6) is 0 Å². The van der Waals surface area contributed by atoms with Gasteiger partial charge in [0.15, 0.2) is 0 Å². The van der Waals surface area contributed by atoms with Crippen molar-refractivity contribution in [1.29, 1.82) is 0 Å². The van der Waals surface area contributed by atoms with Crippen LogP contribution in [-0.2, 0) is 4.74 Å². The van der Waals surface area contributed by atoms with Gasteiger partial charge in [-0.3, -0.25) is 4.99 Å². The molecule has 0 aromatic heterocycles. The maximum atomic E-state index is 5.59. The normalized spacial score (nSPS) is 27.5. The number of fused-ring (bicyclic) bond motifs is 1. The van der Waals surface area contributed by atoms with E-state index in [2.05, 4.69) is 24.9 Å². The average molecular weight is 179 g/mol. The largest absolute Gasteiger partial charge is 0.492 e. The van der Waals surface area contributed by atoms with Crippen molar-refractivity contribution >= 4 is 5.71 Å². The van der Waals surface area contributed by atoms with Crippen molar-refractivity contribution < 1.29 is 4.74 Å². The minimum Gasteiger partial charge on any atom is -0.492 e. The van der Waals surface area contributed by atoms with Crippen LogP contribution in [0.4, 0.5) is 0 Å². The molecule has 2 heterocycles. The van der Waals surface area contributed by atoms with Gasteiger partial charge in [-0.25, -0.2) is 0 Å². The van der Waals surface area contributed by atoms with Crippen LogP contribution in [0.25, 0.3) is 0 Å². The second-order valence-corrected chi connectivity index (χ2v) is 4.18. The van der Waals surface area contributed by atoms with Gasteiger partial charge in [0.1, 0.15) is 5.76 Å². The zero-order valence-electron chi connectivity index (χ0n) is 8.42. The number of allylic oxidation sites excluding steroid dienone is 1. The lowest BCUT2D eigenvalue weighted by Crippen LogP contribution is -2.24. The van der Waals surface area contributed by atoms with E-state index in [1.165, 1.54) is 5.71 Å². The molecule has 1 unspecified atom stereocenters. The molecule has 13 heavy (non-hydrogen) atoms. The van der Waals surface area contributed by atoms with E-state index in [4.69, 9.17) is 4.74 Å². The van der Waals surface area contributed by atoms with E-state index in [1.807, 2.05) is 0 Å². The van der Waals surface area contributed by atoms with Crippen LogP contribution < -0.4 is 0 Å². The summed E-state index contributed by atoms with van der Waals surface area (Å²) in [6.07, 6.45) is 4.51. The number of rotatable bonds is 1. The fraction of sp³-hybridized carbons (Fsp3) is 0.727.